The van der Waals surface area contributed by atoms with Crippen molar-refractivity contribution in [2.24, 2.45) is 0 Å². The van der Waals surface area contributed by atoms with E-state index in [0.29, 0.717) is 0 Å². The highest BCUT2D eigenvalue weighted by Crippen LogP contribution is 2.26. The number of methoxy groups -OCH3 is 1. The van der Waals surface area contributed by atoms with Crippen LogP contribution in [0.1, 0.15) is 25.0 Å². The van der Waals surface area contributed by atoms with Gasteiger partial charge in [-0.3, -0.25) is 4.79 Å². The van der Waals surface area contributed by atoms with Crippen LogP contribution < -0.4 is 10.1 Å². The van der Waals surface area contributed by atoms with Gasteiger partial charge in [-0.2, -0.15) is 0 Å². The minimum atomic E-state index is -0.600. The van der Waals surface area contributed by atoms with Crippen LogP contribution in [0.5, 0.6) is 5.75 Å². The number of hydrogen-bond donors (Lipinski definition) is 1. The third-order valence-electron chi connectivity index (χ3n) is 3.67. The first-order valence-electron chi connectivity index (χ1n) is 6.96. The van der Waals surface area contributed by atoms with Crippen molar-refractivity contribution < 1.29 is 9.53 Å². The number of carbonyl (C=O) groups excluding carboxylic acids is 1. The highest BCUT2D eigenvalue weighted by Gasteiger charge is 2.29. The van der Waals surface area contributed by atoms with Crippen LogP contribution in [0.3, 0.4) is 0 Å². The molecule has 0 saturated heterocycles. The van der Waals surface area contributed by atoms with E-state index in [9.17, 15) is 4.79 Å². The molecule has 110 valence electrons. The normalized spacial score (nSPS) is 11.0. The van der Waals surface area contributed by atoms with E-state index in [-0.39, 0.29) is 5.91 Å². The van der Waals surface area contributed by atoms with Crippen molar-refractivity contribution in [1.29, 1.82) is 0 Å². The van der Waals surface area contributed by atoms with Crippen molar-refractivity contribution in [1.82, 2.24) is 0 Å². The highest BCUT2D eigenvalue weighted by atomic mass is 16.5. The Hall–Kier alpha value is -2.29. The molecule has 0 bridgehead atoms. The van der Waals surface area contributed by atoms with Crippen LogP contribution >= 0.6 is 0 Å². The van der Waals surface area contributed by atoms with E-state index in [1.54, 1.807) is 7.11 Å². The maximum absolute atomic E-state index is 12.6. The third-order valence-corrected chi connectivity index (χ3v) is 3.67. The van der Waals surface area contributed by atoms with Gasteiger partial charge in [-0.25, -0.2) is 0 Å². The Balaban J connectivity index is 2.19. The van der Waals surface area contributed by atoms with Crippen molar-refractivity contribution in [3.05, 3.63) is 59.7 Å². The summed E-state index contributed by atoms with van der Waals surface area (Å²) in [6, 6.07) is 15.4. The van der Waals surface area contributed by atoms with Gasteiger partial charge in [-0.15, -0.1) is 0 Å². The van der Waals surface area contributed by atoms with Crippen molar-refractivity contribution in [2.45, 2.75) is 26.2 Å². The van der Waals surface area contributed by atoms with E-state index < -0.39 is 5.41 Å². The largest absolute Gasteiger partial charge is 0.497 e. The van der Waals surface area contributed by atoms with E-state index in [4.69, 9.17) is 4.74 Å². The molecule has 0 unspecified atom stereocenters. The quantitative estimate of drug-likeness (QED) is 0.923. The lowest BCUT2D eigenvalue weighted by Gasteiger charge is -2.24. The van der Waals surface area contributed by atoms with Crippen LogP contribution in [0.15, 0.2) is 48.5 Å². The molecule has 0 atom stereocenters. The Bertz CT molecular complexity index is 630. The molecule has 1 N–H and O–H groups in total. The molecule has 0 heterocycles. The van der Waals surface area contributed by atoms with Crippen molar-refractivity contribution in [3.63, 3.8) is 0 Å². The smallest absolute Gasteiger partial charge is 0.234 e. The monoisotopic (exact) mass is 283 g/mol. The van der Waals surface area contributed by atoms with Crippen molar-refractivity contribution >= 4 is 11.6 Å². The molecule has 0 spiro atoms. The highest BCUT2D eigenvalue weighted by molar-refractivity contribution is 5.98. The first kappa shape index (κ1) is 15.1. The van der Waals surface area contributed by atoms with Gasteiger partial charge in [0.25, 0.3) is 0 Å². The number of hydrogen-bond acceptors (Lipinski definition) is 2. The minimum absolute atomic E-state index is 0.0420. The van der Waals surface area contributed by atoms with Crippen LogP contribution in [0.4, 0.5) is 5.69 Å². The molecular weight excluding hydrogens is 262 g/mol. The Morgan fingerprint density at radius 2 is 1.76 bits per heavy atom. The standard InChI is InChI=1S/C18H21NO2/c1-13-8-10-14(11-9-13)18(2,3)17(20)19-15-6-5-7-16(12-15)21-4/h5-12H,1-4H3,(H,19,20). The summed E-state index contributed by atoms with van der Waals surface area (Å²) in [5.41, 5.74) is 2.31. The topological polar surface area (TPSA) is 38.3 Å². The van der Waals surface area contributed by atoms with Crippen LogP contribution in [0, 0.1) is 6.92 Å². The second-order valence-electron chi connectivity index (χ2n) is 5.68. The van der Waals surface area contributed by atoms with Gasteiger partial charge in [0.05, 0.1) is 12.5 Å². The van der Waals surface area contributed by atoms with Gasteiger partial charge in [0.2, 0.25) is 5.91 Å². The zero-order valence-corrected chi connectivity index (χ0v) is 12.9. The van der Waals surface area contributed by atoms with E-state index in [0.717, 1.165) is 17.0 Å². The first-order chi connectivity index (χ1) is 9.93. The number of rotatable bonds is 4. The molecular formula is C18H21NO2. The van der Waals surface area contributed by atoms with Crippen LogP contribution in [-0.2, 0) is 10.2 Å². The lowest BCUT2D eigenvalue weighted by atomic mass is 9.83. The van der Waals surface area contributed by atoms with Crippen LogP contribution in [0.25, 0.3) is 0 Å². The van der Waals surface area contributed by atoms with Crippen LogP contribution in [-0.4, -0.2) is 13.0 Å². The second-order valence-corrected chi connectivity index (χ2v) is 5.68. The fourth-order valence-electron chi connectivity index (χ4n) is 2.09. The number of benzene rings is 2. The van der Waals surface area contributed by atoms with Crippen molar-refractivity contribution in [3.8, 4) is 5.75 Å². The van der Waals surface area contributed by atoms with E-state index in [2.05, 4.69) is 5.32 Å². The molecule has 0 aliphatic carbocycles. The lowest BCUT2D eigenvalue weighted by Crippen LogP contribution is -2.34. The van der Waals surface area contributed by atoms with Gasteiger partial charge < -0.3 is 10.1 Å². The van der Waals surface area contributed by atoms with E-state index >= 15 is 0 Å². The molecule has 0 aromatic heterocycles. The van der Waals surface area contributed by atoms with Gasteiger partial charge in [0.1, 0.15) is 5.75 Å². The average Bonchev–Trinajstić information content (AvgIpc) is 2.48. The van der Waals surface area contributed by atoms with Gasteiger partial charge in [0, 0.05) is 11.8 Å². The molecule has 0 aliphatic rings. The Morgan fingerprint density at radius 3 is 2.38 bits per heavy atom. The van der Waals surface area contributed by atoms with Crippen molar-refractivity contribution in [2.75, 3.05) is 12.4 Å². The fraction of sp³-hybridized carbons (Fsp3) is 0.278. The van der Waals surface area contributed by atoms with Gasteiger partial charge in [-0.1, -0.05) is 35.9 Å². The fourth-order valence-corrected chi connectivity index (χ4v) is 2.09. The average molecular weight is 283 g/mol. The number of aryl methyl sites for hydroxylation is 1. The number of carbonyl (C=O) groups is 1. The molecule has 0 saturated carbocycles. The van der Waals surface area contributed by atoms with E-state index in [1.165, 1.54) is 5.56 Å². The maximum atomic E-state index is 12.6. The molecule has 1 amide bonds. The summed E-state index contributed by atoms with van der Waals surface area (Å²) in [5.74, 6) is 0.681. The van der Waals surface area contributed by atoms with Gasteiger partial charge in [-0.05, 0) is 38.5 Å². The molecule has 21 heavy (non-hydrogen) atoms. The predicted molar refractivity (Wildman–Crippen MR) is 85.8 cm³/mol. The zero-order valence-electron chi connectivity index (χ0n) is 12.9. The number of anilines is 1. The molecule has 2 aromatic rings. The SMILES string of the molecule is COc1cccc(NC(=O)C(C)(C)c2ccc(C)cc2)c1. The number of ether oxygens (including phenoxy) is 1. The maximum Gasteiger partial charge on any atom is 0.234 e. The summed E-state index contributed by atoms with van der Waals surface area (Å²) < 4.78 is 5.17. The predicted octanol–water partition coefficient (Wildman–Crippen LogP) is 3.92. The summed E-state index contributed by atoms with van der Waals surface area (Å²) in [6.45, 7) is 5.88. The lowest BCUT2D eigenvalue weighted by molar-refractivity contribution is -0.120. The number of nitrogens with one attached hydrogen (secondary N) is 1. The minimum Gasteiger partial charge on any atom is -0.497 e. The molecule has 3 nitrogen and oxygen atoms in total. The molecule has 3 heteroatoms. The summed E-state index contributed by atoms with van der Waals surface area (Å²) in [7, 11) is 1.61. The third kappa shape index (κ3) is 3.43. The van der Waals surface area contributed by atoms with E-state index in [1.807, 2.05) is 69.3 Å². The molecule has 2 aromatic carbocycles. The summed E-state index contributed by atoms with van der Waals surface area (Å²) in [6.07, 6.45) is 0. The Kier molecular flexibility index (Phi) is 4.32. The molecule has 0 radical (unpaired) electrons. The second kappa shape index (κ2) is 6.00. The Morgan fingerprint density at radius 1 is 1.10 bits per heavy atom. The Labute approximate surface area is 126 Å². The van der Waals surface area contributed by atoms with Gasteiger partial charge in [0.15, 0.2) is 0 Å². The summed E-state index contributed by atoms with van der Waals surface area (Å²) >= 11 is 0. The molecule has 0 aliphatic heterocycles. The first-order valence-corrected chi connectivity index (χ1v) is 6.96. The summed E-state index contributed by atoms with van der Waals surface area (Å²) in [5, 5.41) is 2.95. The molecule has 0 fully saturated rings. The molecule has 2 rings (SSSR count). The van der Waals surface area contributed by atoms with Gasteiger partial charge >= 0.3 is 0 Å². The van der Waals surface area contributed by atoms with Crippen LogP contribution in [0.2, 0.25) is 0 Å². The summed E-state index contributed by atoms with van der Waals surface area (Å²) in [4.78, 5) is 12.6. The number of amides is 1. The zero-order chi connectivity index (χ0) is 15.5.